The van der Waals surface area contributed by atoms with E-state index in [0.29, 0.717) is 5.46 Å². The molecular weight excluding hydrogens is 555 g/mol. The lowest BCUT2D eigenvalue weighted by Gasteiger charge is -2.09. The van der Waals surface area contributed by atoms with Gasteiger partial charge in [0.15, 0.2) is 0 Å². The second kappa shape index (κ2) is 10.1. The van der Waals surface area contributed by atoms with Gasteiger partial charge in [0.1, 0.15) is 0 Å². The molecule has 40 heavy (non-hydrogen) atoms. The predicted octanol–water partition coefficient (Wildman–Crippen LogP) is 8.73. The van der Waals surface area contributed by atoms with Crippen LogP contribution in [0, 0.1) is 0 Å². The molecule has 0 aliphatic heterocycles. The van der Waals surface area contributed by atoms with E-state index in [0.717, 1.165) is 26.0 Å². The van der Waals surface area contributed by atoms with Gasteiger partial charge in [-0.05, 0) is 100 Å². The molecule has 0 aliphatic carbocycles. The van der Waals surface area contributed by atoms with Crippen LogP contribution in [0.25, 0.3) is 64.6 Å². The van der Waals surface area contributed by atoms with E-state index >= 15 is 0 Å². The van der Waals surface area contributed by atoms with Crippen molar-refractivity contribution in [2.45, 2.75) is 0 Å². The smallest absolute Gasteiger partial charge is 0.423 e. The van der Waals surface area contributed by atoms with Crippen molar-refractivity contribution in [1.29, 1.82) is 0 Å². The van der Waals surface area contributed by atoms with Gasteiger partial charge in [0.2, 0.25) is 0 Å². The molecule has 0 atom stereocenters. The Morgan fingerprint density at radius 1 is 0.375 bits per heavy atom. The zero-order valence-electron chi connectivity index (χ0n) is 21.6. The number of halogens is 1. The minimum absolute atomic E-state index is 0.544. The summed E-state index contributed by atoms with van der Waals surface area (Å²) in [7, 11) is -1.45. The summed E-state index contributed by atoms with van der Waals surface area (Å²) in [6, 6.07) is 46.1. The Morgan fingerprint density at radius 3 is 1.40 bits per heavy atom. The van der Waals surface area contributed by atoms with Gasteiger partial charge in [0.25, 0.3) is 0 Å². The van der Waals surface area contributed by atoms with Gasteiger partial charge in [0, 0.05) is 4.47 Å². The van der Waals surface area contributed by atoms with Crippen LogP contribution in [-0.2, 0) is 0 Å². The van der Waals surface area contributed by atoms with Gasteiger partial charge in [-0.1, -0.05) is 119 Å². The molecule has 190 valence electrons. The van der Waals surface area contributed by atoms with E-state index in [9.17, 15) is 10.0 Å². The minimum Gasteiger partial charge on any atom is -0.423 e. The topological polar surface area (TPSA) is 40.5 Å². The molecule has 8 rings (SSSR count). The van der Waals surface area contributed by atoms with E-state index in [-0.39, 0.29) is 0 Å². The first-order chi connectivity index (χ1) is 19.6. The highest BCUT2D eigenvalue weighted by Gasteiger charge is 2.15. The maximum Gasteiger partial charge on any atom is 0.489 e. The first-order valence-corrected chi connectivity index (χ1v) is 14.1. The maximum atomic E-state index is 9.52. The van der Waals surface area contributed by atoms with Crippen molar-refractivity contribution >= 4 is 93.1 Å². The molecule has 0 aromatic heterocycles. The largest absolute Gasteiger partial charge is 0.489 e. The highest BCUT2D eigenvalue weighted by Crippen LogP contribution is 2.33. The van der Waals surface area contributed by atoms with E-state index in [1.807, 2.05) is 36.4 Å². The minimum atomic E-state index is -1.45. The molecule has 0 bridgehead atoms. The molecular formula is C36H24BBrO2. The van der Waals surface area contributed by atoms with E-state index < -0.39 is 7.12 Å². The number of hydrogen-bond acceptors (Lipinski definition) is 2. The summed E-state index contributed by atoms with van der Waals surface area (Å²) in [6.07, 6.45) is 0. The standard InChI is InChI=1S/C18H13BO2.C18H11Br/c20-19(21)18-7-3-6-15-16(18)9-8-14-10-12-4-1-2-5-13(12)11-17(14)15;19-18-7-3-6-15-16(18)9-8-14-10-12-4-1-2-5-13(12)11-17(14)15/h1-11,20-21H;1-11H. The second-order valence-corrected chi connectivity index (χ2v) is 11.0. The molecule has 0 spiro atoms. The summed E-state index contributed by atoms with van der Waals surface area (Å²) in [5, 5.41) is 33.4. The molecule has 8 aromatic carbocycles. The first-order valence-electron chi connectivity index (χ1n) is 13.3. The van der Waals surface area contributed by atoms with Crippen molar-refractivity contribution in [3.8, 4) is 0 Å². The van der Waals surface area contributed by atoms with Gasteiger partial charge in [0.05, 0.1) is 0 Å². The van der Waals surface area contributed by atoms with Gasteiger partial charge in [-0.25, -0.2) is 0 Å². The quantitative estimate of drug-likeness (QED) is 0.116. The summed E-state index contributed by atoms with van der Waals surface area (Å²) in [4.78, 5) is 0. The molecule has 0 radical (unpaired) electrons. The van der Waals surface area contributed by atoms with Crippen LogP contribution in [0.15, 0.2) is 138 Å². The number of fused-ring (bicyclic) bond motifs is 8. The highest BCUT2D eigenvalue weighted by molar-refractivity contribution is 9.10. The van der Waals surface area contributed by atoms with Gasteiger partial charge in [-0.3, -0.25) is 0 Å². The Balaban J connectivity index is 0.000000133. The molecule has 8 aromatic rings. The molecule has 2 nitrogen and oxygen atoms in total. The average molecular weight is 579 g/mol. The second-order valence-electron chi connectivity index (χ2n) is 10.1. The predicted molar refractivity (Wildman–Crippen MR) is 175 cm³/mol. The third-order valence-electron chi connectivity index (χ3n) is 7.75. The Kier molecular flexibility index (Phi) is 6.24. The Hall–Kier alpha value is -4.22. The van der Waals surface area contributed by atoms with Gasteiger partial charge in [-0.15, -0.1) is 0 Å². The number of rotatable bonds is 1. The van der Waals surface area contributed by atoms with Crippen molar-refractivity contribution in [3.05, 3.63) is 138 Å². The van der Waals surface area contributed by atoms with Crippen molar-refractivity contribution < 1.29 is 10.0 Å². The molecule has 2 N–H and O–H groups in total. The molecule has 0 aliphatic rings. The van der Waals surface area contributed by atoms with Crippen LogP contribution in [0.3, 0.4) is 0 Å². The van der Waals surface area contributed by atoms with E-state index in [1.165, 1.54) is 43.1 Å². The molecule has 0 fully saturated rings. The van der Waals surface area contributed by atoms with Crippen molar-refractivity contribution in [2.24, 2.45) is 0 Å². The summed E-state index contributed by atoms with van der Waals surface area (Å²) in [6.45, 7) is 0. The fourth-order valence-electron chi connectivity index (χ4n) is 5.77. The first kappa shape index (κ1) is 24.8. The zero-order valence-corrected chi connectivity index (χ0v) is 23.1. The summed E-state index contributed by atoms with van der Waals surface area (Å²) < 4.78 is 1.15. The van der Waals surface area contributed by atoms with Crippen LogP contribution in [-0.4, -0.2) is 17.2 Å². The summed E-state index contributed by atoms with van der Waals surface area (Å²) >= 11 is 3.63. The fraction of sp³-hybridized carbons (Fsp3) is 0. The molecule has 0 heterocycles. The molecule has 4 heteroatoms. The monoisotopic (exact) mass is 578 g/mol. The Labute approximate surface area is 240 Å². The van der Waals surface area contributed by atoms with Crippen molar-refractivity contribution in [2.75, 3.05) is 0 Å². The Bertz CT molecular complexity index is 2220. The fourth-order valence-corrected chi connectivity index (χ4v) is 6.27. The average Bonchev–Trinajstić information content (AvgIpc) is 2.99. The zero-order chi connectivity index (χ0) is 27.2. The molecule has 0 saturated carbocycles. The highest BCUT2D eigenvalue weighted by atomic mass is 79.9. The Morgan fingerprint density at radius 2 is 0.850 bits per heavy atom. The van der Waals surface area contributed by atoms with Crippen LogP contribution in [0.2, 0.25) is 0 Å². The number of hydrogen-bond donors (Lipinski definition) is 2. The van der Waals surface area contributed by atoms with Crippen molar-refractivity contribution in [3.63, 3.8) is 0 Å². The third-order valence-corrected chi connectivity index (χ3v) is 8.44. The van der Waals surface area contributed by atoms with Crippen LogP contribution < -0.4 is 5.46 Å². The van der Waals surface area contributed by atoms with Crippen LogP contribution in [0.1, 0.15) is 0 Å². The van der Waals surface area contributed by atoms with E-state index in [4.69, 9.17) is 0 Å². The molecule has 0 amide bonds. The molecule has 0 saturated heterocycles. The van der Waals surface area contributed by atoms with Crippen LogP contribution >= 0.6 is 15.9 Å². The summed E-state index contributed by atoms with van der Waals surface area (Å²) in [5.41, 5.74) is 0.544. The lowest BCUT2D eigenvalue weighted by Crippen LogP contribution is -2.30. The van der Waals surface area contributed by atoms with E-state index in [2.05, 4.69) is 107 Å². The van der Waals surface area contributed by atoms with Gasteiger partial charge < -0.3 is 10.0 Å². The molecule has 0 unspecified atom stereocenters. The lowest BCUT2D eigenvalue weighted by atomic mass is 9.76. The van der Waals surface area contributed by atoms with Gasteiger partial charge >= 0.3 is 7.12 Å². The van der Waals surface area contributed by atoms with E-state index in [1.54, 1.807) is 6.07 Å². The van der Waals surface area contributed by atoms with Crippen molar-refractivity contribution in [1.82, 2.24) is 0 Å². The van der Waals surface area contributed by atoms with Crippen LogP contribution in [0.5, 0.6) is 0 Å². The van der Waals surface area contributed by atoms with Gasteiger partial charge in [-0.2, -0.15) is 0 Å². The third kappa shape index (κ3) is 4.31. The SMILES string of the molecule is Brc1cccc2c1ccc1cc3ccccc3cc12.OB(O)c1cccc2c1ccc1cc3ccccc3cc12. The normalized spacial score (nSPS) is 11.4. The summed E-state index contributed by atoms with van der Waals surface area (Å²) in [5.74, 6) is 0. The maximum absolute atomic E-state index is 9.52. The lowest BCUT2D eigenvalue weighted by molar-refractivity contribution is 0.426. The van der Waals surface area contributed by atoms with Crippen LogP contribution in [0.4, 0.5) is 0 Å². The number of benzene rings is 8.